The summed E-state index contributed by atoms with van der Waals surface area (Å²) >= 11 is 5.73. The topological polar surface area (TPSA) is 73.1 Å². The highest BCUT2D eigenvalue weighted by atomic mass is 32.1. The van der Waals surface area contributed by atoms with E-state index < -0.39 is 0 Å². The molecule has 1 amide bonds. The number of aromatic nitrogens is 2. The molecule has 1 saturated heterocycles. The SMILES string of the molecule is Cc1cc(N2C(=S)N[C@@H](c3ccccn3)[C@@H]2c2ccc[nH]2)ccc1NC(=O)C(C)C. The van der Waals surface area contributed by atoms with Crippen molar-refractivity contribution in [2.24, 2.45) is 5.92 Å². The molecule has 0 spiro atoms. The van der Waals surface area contributed by atoms with Crippen molar-refractivity contribution in [2.75, 3.05) is 10.2 Å². The number of carbonyl (C=O) groups excluding carboxylic acids is 1. The normalized spacial score (nSPS) is 18.5. The zero-order valence-corrected chi connectivity index (χ0v) is 18.0. The number of hydrogen-bond donors (Lipinski definition) is 3. The number of aryl methyl sites for hydroxylation is 1. The molecule has 0 bridgehead atoms. The summed E-state index contributed by atoms with van der Waals surface area (Å²) in [6, 6.07) is 15.8. The Hall–Kier alpha value is -3.19. The highest BCUT2D eigenvalue weighted by Gasteiger charge is 2.41. The second-order valence-electron chi connectivity index (χ2n) is 7.77. The zero-order valence-electron chi connectivity index (χ0n) is 17.2. The van der Waals surface area contributed by atoms with Gasteiger partial charge in [0.1, 0.15) is 6.04 Å². The molecule has 3 heterocycles. The van der Waals surface area contributed by atoms with E-state index in [0.717, 1.165) is 28.3 Å². The van der Waals surface area contributed by atoms with Crippen LogP contribution in [-0.4, -0.2) is 21.0 Å². The van der Waals surface area contributed by atoms with E-state index in [9.17, 15) is 4.79 Å². The molecule has 2 aromatic heterocycles. The maximum absolute atomic E-state index is 12.1. The fraction of sp³-hybridized carbons (Fsp3) is 0.261. The van der Waals surface area contributed by atoms with Gasteiger partial charge in [0.15, 0.2) is 5.11 Å². The van der Waals surface area contributed by atoms with Gasteiger partial charge in [0.05, 0.1) is 11.7 Å². The van der Waals surface area contributed by atoms with Gasteiger partial charge >= 0.3 is 0 Å². The van der Waals surface area contributed by atoms with E-state index in [4.69, 9.17) is 12.2 Å². The van der Waals surface area contributed by atoms with Gasteiger partial charge in [0, 0.05) is 35.4 Å². The number of anilines is 2. The van der Waals surface area contributed by atoms with Gasteiger partial charge in [-0.15, -0.1) is 0 Å². The molecule has 30 heavy (non-hydrogen) atoms. The van der Waals surface area contributed by atoms with E-state index in [1.54, 1.807) is 6.20 Å². The fourth-order valence-corrected chi connectivity index (χ4v) is 4.04. The van der Waals surface area contributed by atoms with Crippen LogP contribution >= 0.6 is 12.2 Å². The van der Waals surface area contributed by atoms with Crippen LogP contribution in [0.5, 0.6) is 0 Å². The van der Waals surface area contributed by atoms with Crippen LogP contribution in [0.25, 0.3) is 0 Å². The van der Waals surface area contributed by atoms with E-state index in [-0.39, 0.29) is 23.9 Å². The fourth-order valence-electron chi connectivity index (χ4n) is 3.69. The van der Waals surface area contributed by atoms with Gasteiger partial charge in [-0.3, -0.25) is 9.78 Å². The van der Waals surface area contributed by atoms with E-state index >= 15 is 0 Å². The maximum atomic E-state index is 12.1. The van der Waals surface area contributed by atoms with Crippen molar-refractivity contribution in [1.82, 2.24) is 15.3 Å². The van der Waals surface area contributed by atoms with Gasteiger partial charge in [-0.25, -0.2) is 0 Å². The van der Waals surface area contributed by atoms with Crippen molar-refractivity contribution in [3.63, 3.8) is 0 Å². The van der Waals surface area contributed by atoms with Crippen molar-refractivity contribution in [2.45, 2.75) is 32.9 Å². The van der Waals surface area contributed by atoms with E-state index in [2.05, 4.69) is 37.6 Å². The predicted molar refractivity (Wildman–Crippen MR) is 123 cm³/mol. The molecule has 3 aromatic rings. The average molecular weight is 420 g/mol. The molecule has 1 aliphatic heterocycles. The van der Waals surface area contributed by atoms with Gasteiger partial charge in [0.2, 0.25) is 5.91 Å². The van der Waals surface area contributed by atoms with Crippen LogP contribution in [0.3, 0.4) is 0 Å². The molecular formula is C23H25N5OS. The van der Waals surface area contributed by atoms with Gasteiger partial charge in [0.25, 0.3) is 0 Å². The molecule has 0 saturated carbocycles. The van der Waals surface area contributed by atoms with Crippen molar-refractivity contribution in [1.29, 1.82) is 0 Å². The van der Waals surface area contributed by atoms with Crippen molar-refractivity contribution in [3.8, 4) is 0 Å². The molecule has 154 valence electrons. The molecule has 0 radical (unpaired) electrons. The number of amides is 1. The molecular weight excluding hydrogens is 394 g/mol. The van der Waals surface area contributed by atoms with Gasteiger partial charge < -0.3 is 20.5 Å². The van der Waals surface area contributed by atoms with E-state index in [1.807, 2.05) is 63.4 Å². The number of nitrogens with zero attached hydrogens (tertiary/aromatic N) is 2. The Kier molecular flexibility index (Phi) is 5.55. The first-order valence-electron chi connectivity index (χ1n) is 10.0. The summed E-state index contributed by atoms with van der Waals surface area (Å²) in [6.07, 6.45) is 3.71. The molecule has 4 rings (SSSR count). The van der Waals surface area contributed by atoms with Gasteiger partial charge in [-0.1, -0.05) is 19.9 Å². The van der Waals surface area contributed by atoms with E-state index in [1.165, 1.54) is 0 Å². The lowest BCUT2D eigenvalue weighted by atomic mass is 10.0. The number of H-pyrrole nitrogens is 1. The second kappa shape index (κ2) is 8.28. The number of carbonyl (C=O) groups is 1. The number of aromatic amines is 1. The Morgan fingerprint density at radius 3 is 2.67 bits per heavy atom. The second-order valence-corrected chi connectivity index (χ2v) is 8.15. The average Bonchev–Trinajstić information content (AvgIpc) is 3.37. The molecule has 1 aromatic carbocycles. The quantitative estimate of drug-likeness (QED) is 0.532. The molecule has 2 atom stereocenters. The van der Waals surface area contributed by atoms with Crippen molar-refractivity contribution < 1.29 is 4.79 Å². The van der Waals surface area contributed by atoms with Gasteiger partial charge in [-0.05, 0) is 67.2 Å². The maximum Gasteiger partial charge on any atom is 0.226 e. The van der Waals surface area contributed by atoms with Crippen LogP contribution in [-0.2, 0) is 4.79 Å². The highest BCUT2D eigenvalue weighted by Crippen LogP contribution is 2.41. The van der Waals surface area contributed by atoms with Crippen LogP contribution in [0.15, 0.2) is 60.9 Å². The summed E-state index contributed by atoms with van der Waals surface area (Å²) in [7, 11) is 0. The van der Waals surface area contributed by atoms with Crippen LogP contribution < -0.4 is 15.5 Å². The number of benzene rings is 1. The molecule has 1 aliphatic rings. The lowest BCUT2D eigenvalue weighted by Crippen LogP contribution is -2.29. The van der Waals surface area contributed by atoms with Crippen LogP contribution in [0.2, 0.25) is 0 Å². The smallest absolute Gasteiger partial charge is 0.226 e. The third kappa shape index (κ3) is 3.80. The molecule has 3 N–H and O–H groups in total. The number of pyridine rings is 1. The Labute approximate surface area is 181 Å². The number of rotatable bonds is 5. The van der Waals surface area contributed by atoms with Crippen LogP contribution in [0.1, 0.15) is 42.9 Å². The molecule has 0 unspecified atom stereocenters. The molecule has 1 fully saturated rings. The lowest BCUT2D eigenvalue weighted by Gasteiger charge is -2.27. The number of thiocarbonyl (C=S) groups is 1. The summed E-state index contributed by atoms with van der Waals surface area (Å²) in [5, 5.41) is 7.08. The van der Waals surface area contributed by atoms with Crippen LogP contribution in [0, 0.1) is 12.8 Å². The standard InChI is InChI=1S/C23H25N5OS/c1-14(2)22(29)26-17-10-9-16(13-15(17)3)28-21(19-8-6-12-25-19)20(27-23(28)30)18-7-4-5-11-24-18/h4-14,20-21,25H,1-3H3,(H,26,29)(H,27,30)/t20-,21-/m0/s1. The predicted octanol–water partition coefficient (Wildman–Crippen LogP) is 4.49. The number of hydrogen-bond acceptors (Lipinski definition) is 3. The minimum atomic E-state index is -0.0852. The summed E-state index contributed by atoms with van der Waals surface area (Å²) in [4.78, 5) is 22.1. The first kappa shape index (κ1) is 20.1. The first-order valence-corrected chi connectivity index (χ1v) is 10.4. The molecule has 6 nitrogen and oxygen atoms in total. The third-order valence-corrected chi connectivity index (χ3v) is 5.62. The minimum absolute atomic E-state index is 0.00341. The highest BCUT2D eigenvalue weighted by molar-refractivity contribution is 7.80. The summed E-state index contributed by atoms with van der Waals surface area (Å²) in [5.74, 6) is -0.0699. The zero-order chi connectivity index (χ0) is 21.3. The summed E-state index contributed by atoms with van der Waals surface area (Å²) in [6.45, 7) is 5.75. The first-order chi connectivity index (χ1) is 14.5. The van der Waals surface area contributed by atoms with Crippen molar-refractivity contribution >= 4 is 34.6 Å². The van der Waals surface area contributed by atoms with Gasteiger partial charge in [-0.2, -0.15) is 0 Å². The van der Waals surface area contributed by atoms with E-state index in [0.29, 0.717) is 5.11 Å². The number of nitrogens with one attached hydrogen (secondary N) is 3. The Morgan fingerprint density at radius 2 is 2.03 bits per heavy atom. The Balaban J connectivity index is 1.71. The van der Waals surface area contributed by atoms with Crippen molar-refractivity contribution in [3.05, 3.63) is 77.9 Å². The summed E-state index contributed by atoms with van der Waals surface area (Å²) < 4.78 is 0. The molecule has 0 aliphatic carbocycles. The minimum Gasteiger partial charge on any atom is -0.363 e. The largest absolute Gasteiger partial charge is 0.363 e. The van der Waals surface area contributed by atoms with Crippen LogP contribution in [0.4, 0.5) is 11.4 Å². The Bertz CT molecular complexity index is 1050. The lowest BCUT2D eigenvalue weighted by molar-refractivity contribution is -0.118. The summed E-state index contributed by atoms with van der Waals surface area (Å²) in [5.41, 5.74) is 4.74. The molecule has 7 heteroatoms. The monoisotopic (exact) mass is 419 g/mol. The Morgan fingerprint density at radius 1 is 1.20 bits per heavy atom. The third-order valence-electron chi connectivity index (χ3n) is 5.31.